The number of fused-ring (bicyclic) bond motifs is 1. The molecule has 1 fully saturated rings. The third-order valence-corrected chi connectivity index (χ3v) is 6.43. The second-order valence-electron chi connectivity index (χ2n) is 6.26. The van der Waals surface area contributed by atoms with Gasteiger partial charge in [0.15, 0.2) is 0 Å². The van der Waals surface area contributed by atoms with Crippen LogP contribution >= 0.6 is 35.3 Å². The zero-order valence-corrected chi connectivity index (χ0v) is 17.6. The van der Waals surface area contributed by atoms with Gasteiger partial charge in [-0.05, 0) is 42.1 Å². The lowest BCUT2D eigenvalue weighted by Crippen LogP contribution is -2.29. The largest absolute Gasteiger partial charge is 0.326 e. The molecular formula is C20H16N4O2S3. The fourth-order valence-electron chi connectivity index (χ4n) is 2.86. The molecule has 3 heterocycles. The van der Waals surface area contributed by atoms with E-state index in [1.807, 2.05) is 29.7 Å². The van der Waals surface area contributed by atoms with Crippen molar-refractivity contribution >= 4 is 74.2 Å². The standard InChI is InChI=1S/C20H16N4O2S3/c25-18(23-13-5-6-15-16(11-13)22-8-7-21-15)4-1-9-24-19(26)17(29-20(24)27)12-14-3-2-10-28-14/h2-3,5-8,10-12H,1,4,9H2,(H,23,25). The van der Waals surface area contributed by atoms with Crippen molar-refractivity contribution in [1.29, 1.82) is 0 Å². The Morgan fingerprint density at radius 3 is 2.83 bits per heavy atom. The van der Waals surface area contributed by atoms with Gasteiger partial charge in [-0.1, -0.05) is 30.0 Å². The first-order valence-corrected chi connectivity index (χ1v) is 11.0. The number of amides is 2. The molecule has 4 rings (SSSR count). The first-order valence-electron chi connectivity index (χ1n) is 8.90. The SMILES string of the molecule is O=C(CCCN1C(=O)C(=Cc2cccs2)SC1=S)Nc1ccc2nccnc2c1. The maximum atomic E-state index is 12.6. The van der Waals surface area contributed by atoms with Crippen molar-refractivity contribution in [2.45, 2.75) is 12.8 Å². The van der Waals surface area contributed by atoms with Gasteiger partial charge >= 0.3 is 0 Å². The van der Waals surface area contributed by atoms with Gasteiger partial charge in [0.2, 0.25) is 5.91 Å². The van der Waals surface area contributed by atoms with Crippen LogP contribution in [0.3, 0.4) is 0 Å². The molecule has 146 valence electrons. The molecule has 2 aromatic heterocycles. The van der Waals surface area contributed by atoms with E-state index in [1.165, 1.54) is 11.8 Å². The van der Waals surface area contributed by atoms with Crippen molar-refractivity contribution in [1.82, 2.24) is 14.9 Å². The highest BCUT2D eigenvalue weighted by Gasteiger charge is 2.31. The predicted octanol–water partition coefficient (Wildman–Crippen LogP) is 4.31. The Morgan fingerprint density at radius 2 is 2.03 bits per heavy atom. The minimum absolute atomic E-state index is 0.0955. The Morgan fingerprint density at radius 1 is 1.21 bits per heavy atom. The molecule has 1 aliphatic heterocycles. The average molecular weight is 441 g/mol. The molecule has 0 spiro atoms. The van der Waals surface area contributed by atoms with E-state index in [1.54, 1.807) is 40.8 Å². The van der Waals surface area contributed by atoms with Crippen LogP contribution in [0.4, 0.5) is 5.69 Å². The van der Waals surface area contributed by atoms with Crippen LogP contribution in [0.2, 0.25) is 0 Å². The monoisotopic (exact) mass is 440 g/mol. The molecule has 3 aromatic rings. The van der Waals surface area contributed by atoms with E-state index in [0.29, 0.717) is 34.3 Å². The number of rotatable bonds is 6. The second kappa shape index (κ2) is 8.81. The number of carbonyl (C=O) groups excluding carboxylic acids is 2. The molecule has 6 nitrogen and oxygen atoms in total. The molecule has 1 aliphatic rings. The molecule has 0 atom stereocenters. The molecule has 0 bridgehead atoms. The number of aromatic nitrogens is 2. The fourth-order valence-corrected chi connectivity index (χ4v) is 4.89. The first kappa shape index (κ1) is 19.7. The lowest BCUT2D eigenvalue weighted by atomic mass is 10.2. The van der Waals surface area contributed by atoms with Gasteiger partial charge in [-0.2, -0.15) is 0 Å². The quantitative estimate of drug-likeness (QED) is 0.455. The molecule has 1 saturated heterocycles. The average Bonchev–Trinajstić information content (AvgIpc) is 3.31. The summed E-state index contributed by atoms with van der Waals surface area (Å²) in [6.45, 7) is 0.420. The minimum Gasteiger partial charge on any atom is -0.326 e. The maximum absolute atomic E-state index is 12.6. The molecule has 2 amide bonds. The van der Waals surface area contributed by atoms with Crippen LogP contribution < -0.4 is 5.32 Å². The van der Waals surface area contributed by atoms with Crippen molar-refractivity contribution in [2.24, 2.45) is 0 Å². The van der Waals surface area contributed by atoms with Crippen molar-refractivity contribution in [2.75, 3.05) is 11.9 Å². The van der Waals surface area contributed by atoms with E-state index in [2.05, 4.69) is 15.3 Å². The first-order chi connectivity index (χ1) is 14.1. The summed E-state index contributed by atoms with van der Waals surface area (Å²) in [6.07, 6.45) is 5.92. The van der Waals surface area contributed by atoms with Crippen molar-refractivity contribution in [3.05, 3.63) is 57.9 Å². The Labute approximate surface area is 181 Å². The summed E-state index contributed by atoms with van der Waals surface area (Å²) in [4.78, 5) is 36.5. The van der Waals surface area contributed by atoms with Gasteiger partial charge in [0.1, 0.15) is 4.32 Å². The summed E-state index contributed by atoms with van der Waals surface area (Å²) in [6, 6.07) is 9.31. The van der Waals surface area contributed by atoms with Gasteiger partial charge in [-0.15, -0.1) is 11.3 Å². The highest BCUT2D eigenvalue weighted by Crippen LogP contribution is 2.33. The van der Waals surface area contributed by atoms with E-state index >= 15 is 0 Å². The van der Waals surface area contributed by atoms with Crippen LogP contribution in [0, 0.1) is 0 Å². The summed E-state index contributed by atoms with van der Waals surface area (Å²) in [5.41, 5.74) is 2.17. The summed E-state index contributed by atoms with van der Waals surface area (Å²) in [5, 5.41) is 4.83. The lowest BCUT2D eigenvalue weighted by molar-refractivity contribution is -0.122. The molecule has 1 N–H and O–H groups in total. The van der Waals surface area contributed by atoms with Gasteiger partial charge < -0.3 is 5.32 Å². The number of carbonyl (C=O) groups is 2. The number of thioether (sulfide) groups is 1. The topological polar surface area (TPSA) is 75.2 Å². The van der Waals surface area contributed by atoms with Crippen molar-refractivity contribution in [3.8, 4) is 0 Å². The zero-order valence-electron chi connectivity index (χ0n) is 15.2. The van der Waals surface area contributed by atoms with Crippen LogP contribution in [0.25, 0.3) is 17.1 Å². The van der Waals surface area contributed by atoms with Crippen LogP contribution in [0.1, 0.15) is 17.7 Å². The summed E-state index contributed by atoms with van der Waals surface area (Å²) >= 11 is 8.21. The molecular weight excluding hydrogens is 424 g/mol. The van der Waals surface area contributed by atoms with E-state index in [0.717, 1.165) is 15.9 Å². The van der Waals surface area contributed by atoms with Gasteiger partial charge in [-0.3, -0.25) is 24.5 Å². The number of benzene rings is 1. The van der Waals surface area contributed by atoms with Crippen LogP contribution in [0.15, 0.2) is 53.0 Å². The Balaban J connectivity index is 1.30. The van der Waals surface area contributed by atoms with E-state index in [-0.39, 0.29) is 11.8 Å². The molecule has 0 unspecified atom stereocenters. The molecule has 1 aromatic carbocycles. The normalized spacial score (nSPS) is 15.4. The number of hydrogen-bond donors (Lipinski definition) is 1. The number of anilines is 1. The van der Waals surface area contributed by atoms with E-state index < -0.39 is 0 Å². The van der Waals surface area contributed by atoms with Crippen LogP contribution in [-0.4, -0.2) is 37.5 Å². The summed E-state index contributed by atoms with van der Waals surface area (Å²) in [7, 11) is 0. The van der Waals surface area contributed by atoms with Crippen LogP contribution in [-0.2, 0) is 9.59 Å². The fraction of sp³-hybridized carbons (Fsp3) is 0.150. The van der Waals surface area contributed by atoms with Crippen molar-refractivity contribution < 1.29 is 9.59 Å². The minimum atomic E-state index is -0.118. The molecule has 0 saturated carbocycles. The highest BCUT2D eigenvalue weighted by atomic mass is 32.2. The summed E-state index contributed by atoms with van der Waals surface area (Å²) < 4.78 is 0.534. The van der Waals surface area contributed by atoms with E-state index in [9.17, 15) is 9.59 Å². The van der Waals surface area contributed by atoms with Gasteiger partial charge in [0.05, 0.1) is 15.9 Å². The zero-order chi connectivity index (χ0) is 20.2. The predicted molar refractivity (Wildman–Crippen MR) is 122 cm³/mol. The van der Waals surface area contributed by atoms with Gasteiger partial charge in [-0.25, -0.2) is 0 Å². The third kappa shape index (κ3) is 4.69. The smallest absolute Gasteiger partial charge is 0.266 e. The van der Waals surface area contributed by atoms with Crippen LogP contribution in [0.5, 0.6) is 0 Å². The number of nitrogens with zero attached hydrogens (tertiary/aromatic N) is 3. The molecule has 0 radical (unpaired) electrons. The second-order valence-corrected chi connectivity index (χ2v) is 8.92. The van der Waals surface area contributed by atoms with Crippen molar-refractivity contribution in [3.63, 3.8) is 0 Å². The van der Waals surface area contributed by atoms with Gasteiger partial charge in [0.25, 0.3) is 5.91 Å². The number of thiocarbonyl (C=S) groups is 1. The number of hydrogen-bond acceptors (Lipinski definition) is 7. The summed E-state index contributed by atoms with van der Waals surface area (Å²) in [5.74, 6) is -0.213. The Bertz CT molecular complexity index is 1110. The third-order valence-electron chi connectivity index (χ3n) is 4.23. The van der Waals surface area contributed by atoms with E-state index in [4.69, 9.17) is 12.2 Å². The highest BCUT2D eigenvalue weighted by molar-refractivity contribution is 8.26. The number of thiophene rings is 1. The van der Waals surface area contributed by atoms with Gasteiger partial charge in [0, 0.05) is 35.9 Å². The maximum Gasteiger partial charge on any atom is 0.266 e. The Hall–Kier alpha value is -2.62. The lowest BCUT2D eigenvalue weighted by Gasteiger charge is -2.14. The number of nitrogens with one attached hydrogen (secondary N) is 1. The molecule has 29 heavy (non-hydrogen) atoms. The molecule has 0 aliphatic carbocycles. The Kier molecular flexibility index (Phi) is 5.98. The molecule has 9 heteroatoms.